The van der Waals surface area contributed by atoms with E-state index in [0.717, 1.165) is 25.2 Å². The quantitative estimate of drug-likeness (QED) is 0.642. The molecule has 0 N–H and O–H groups in total. The lowest BCUT2D eigenvalue weighted by Crippen LogP contribution is -2.18. The van der Waals surface area contributed by atoms with E-state index in [2.05, 4.69) is 10.00 Å². The van der Waals surface area contributed by atoms with Crippen molar-refractivity contribution in [3.8, 4) is 11.3 Å². The average molecular weight is 367 g/mol. The van der Waals surface area contributed by atoms with Crippen molar-refractivity contribution in [1.82, 2.24) is 14.5 Å². The first-order valence-electron chi connectivity index (χ1n) is 9.32. The van der Waals surface area contributed by atoms with Crippen molar-refractivity contribution < 1.29 is 13.9 Å². The zero-order valence-corrected chi connectivity index (χ0v) is 15.3. The summed E-state index contributed by atoms with van der Waals surface area (Å²) < 4.78 is 21.3. The summed E-state index contributed by atoms with van der Waals surface area (Å²) >= 11 is 0. The minimum Gasteiger partial charge on any atom is -0.462 e. The van der Waals surface area contributed by atoms with Gasteiger partial charge in [-0.05, 0) is 62.7 Å². The van der Waals surface area contributed by atoms with E-state index in [1.54, 1.807) is 17.5 Å². The number of benzene rings is 1. The molecule has 1 aliphatic rings. The Morgan fingerprint density at radius 1 is 1.22 bits per heavy atom. The molecule has 0 spiro atoms. The Hall–Kier alpha value is -2.73. The molecule has 0 saturated carbocycles. The molecule has 3 heterocycles. The lowest BCUT2D eigenvalue weighted by atomic mass is 10.1. The van der Waals surface area contributed by atoms with Crippen molar-refractivity contribution in [3.05, 3.63) is 59.5 Å². The number of fused-ring (bicyclic) bond motifs is 1. The number of ether oxygens (including phenoxy) is 1. The molecule has 0 atom stereocenters. The summed E-state index contributed by atoms with van der Waals surface area (Å²) in [6, 6.07) is 10.6. The molecule has 0 amide bonds. The van der Waals surface area contributed by atoms with Crippen molar-refractivity contribution in [1.29, 1.82) is 0 Å². The number of carbonyl (C=O) groups excluding carboxylic acids is 1. The largest absolute Gasteiger partial charge is 0.462 e. The fourth-order valence-corrected chi connectivity index (χ4v) is 3.65. The standard InChI is InChI=1S/C21H22FN3O2/c1-2-27-21(26)17-13-23-25-19(6-5-7-20(17)25)16-12-15(8-9-18(16)22)14-24-10-3-4-11-24/h5-9,12-13H,2-4,10-11,14H2,1H3. The number of carbonyl (C=O) groups is 1. The number of hydrogen-bond acceptors (Lipinski definition) is 4. The van der Waals surface area contributed by atoms with Crippen LogP contribution in [0.15, 0.2) is 42.6 Å². The van der Waals surface area contributed by atoms with Crippen molar-refractivity contribution in [3.63, 3.8) is 0 Å². The highest BCUT2D eigenvalue weighted by atomic mass is 19.1. The lowest BCUT2D eigenvalue weighted by Gasteiger charge is -2.16. The fraction of sp³-hybridized carbons (Fsp3) is 0.333. The van der Waals surface area contributed by atoms with E-state index in [4.69, 9.17) is 4.74 Å². The number of esters is 1. The predicted molar refractivity (Wildman–Crippen MR) is 101 cm³/mol. The van der Waals surface area contributed by atoms with Gasteiger partial charge in [-0.15, -0.1) is 0 Å². The molecule has 0 radical (unpaired) electrons. The van der Waals surface area contributed by atoms with E-state index in [-0.39, 0.29) is 5.82 Å². The smallest absolute Gasteiger partial charge is 0.341 e. The summed E-state index contributed by atoms with van der Waals surface area (Å²) in [5.74, 6) is -0.728. The number of pyridine rings is 1. The van der Waals surface area contributed by atoms with Gasteiger partial charge in [-0.1, -0.05) is 12.1 Å². The Morgan fingerprint density at radius 3 is 2.81 bits per heavy atom. The van der Waals surface area contributed by atoms with Gasteiger partial charge < -0.3 is 4.74 Å². The van der Waals surface area contributed by atoms with E-state index in [0.29, 0.717) is 28.9 Å². The number of hydrogen-bond donors (Lipinski definition) is 0. The van der Waals surface area contributed by atoms with Crippen LogP contribution in [-0.4, -0.2) is 40.2 Å². The summed E-state index contributed by atoms with van der Waals surface area (Å²) in [7, 11) is 0. The van der Waals surface area contributed by atoms with Crippen LogP contribution in [0.2, 0.25) is 0 Å². The summed E-state index contributed by atoms with van der Waals surface area (Å²) in [4.78, 5) is 14.5. The predicted octanol–water partition coefficient (Wildman–Crippen LogP) is 3.91. The second kappa shape index (κ2) is 7.48. The van der Waals surface area contributed by atoms with Crippen LogP contribution in [-0.2, 0) is 11.3 Å². The minimum absolute atomic E-state index is 0.295. The second-order valence-electron chi connectivity index (χ2n) is 6.78. The Labute approximate surface area is 157 Å². The monoisotopic (exact) mass is 367 g/mol. The van der Waals surface area contributed by atoms with Gasteiger partial charge in [0.05, 0.1) is 24.0 Å². The molecule has 6 heteroatoms. The van der Waals surface area contributed by atoms with Crippen LogP contribution < -0.4 is 0 Å². The summed E-state index contributed by atoms with van der Waals surface area (Å²) in [5, 5.41) is 4.31. The van der Waals surface area contributed by atoms with Gasteiger partial charge in [0.15, 0.2) is 0 Å². The van der Waals surface area contributed by atoms with Crippen LogP contribution >= 0.6 is 0 Å². The maximum atomic E-state index is 14.6. The molecule has 2 aromatic heterocycles. The van der Waals surface area contributed by atoms with E-state index < -0.39 is 5.97 Å². The zero-order valence-electron chi connectivity index (χ0n) is 15.3. The third kappa shape index (κ3) is 3.45. The fourth-order valence-electron chi connectivity index (χ4n) is 3.65. The first-order valence-corrected chi connectivity index (χ1v) is 9.32. The lowest BCUT2D eigenvalue weighted by molar-refractivity contribution is 0.0528. The van der Waals surface area contributed by atoms with Gasteiger partial charge in [-0.25, -0.2) is 13.7 Å². The van der Waals surface area contributed by atoms with E-state index in [1.807, 2.05) is 24.3 Å². The molecule has 140 valence electrons. The van der Waals surface area contributed by atoms with E-state index in [1.165, 1.54) is 25.1 Å². The molecule has 0 unspecified atom stereocenters. The SMILES string of the molecule is CCOC(=O)c1cnn2c(-c3cc(CN4CCCC4)ccc3F)cccc12. The molecular weight excluding hydrogens is 345 g/mol. The van der Waals surface area contributed by atoms with Crippen molar-refractivity contribution in [2.75, 3.05) is 19.7 Å². The second-order valence-corrected chi connectivity index (χ2v) is 6.78. The molecule has 27 heavy (non-hydrogen) atoms. The Balaban J connectivity index is 1.74. The first kappa shape index (κ1) is 17.7. The third-order valence-electron chi connectivity index (χ3n) is 4.95. The molecular formula is C21H22FN3O2. The number of rotatable bonds is 5. The van der Waals surface area contributed by atoms with Gasteiger partial charge in [0.1, 0.15) is 11.4 Å². The van der Waals surface area contributed by atoms with Gasteiger partial charge in [0, 0.05) is 12.1 Å². The highest BCUT2D eigenvalue weighted by Crippen LogP contribution is 2.27. The molecule has 1 aliphatic heterocycles. The Morgan fingerprint density at radius 2 is 2.04 bits per heavy atom. The maximum absolute atomic E-state index is 14.6. The number of likely N-dealkylation sites (tertiary alicyclic amines) is 1. The Bertz CT molecular complexity index is 977. The van der Waals surface area contributed by atoms with Crippen LogP contribution in [0.5, 0.6) is 0 Å². The van der Waals surface area contributed by atoms with Gasteiger partial charge in [-0.2, -0.15) is 5.10 Å². The van der Waals surface area contributed by atoms with E-state index >= 15 is 0 Å². The third-order valence-corrected chi connectivity index (χ3v) is 4.95. The van der Waals surface area contributed by atoms with Gasteiger partial charge in [0.25, 0.3) is 0 Å². The molecule has 5 nitrogen and oxygen atoms in total. The Kier molecular flexibility index (Phi) is 4.90. The first-order chi connectivity index (χ1) is 13.2. The van der Waals surface area contributed by atoms with Crippen LogP contribution in [0.4, 0.5) is 4.39 Å². The molecule has 1 saturated heterocycles. The van der Waals surface area contributed by atoms with Crippen LogP contribution in [0.3, 0.4) is 0 Å². The summed E-state index contributed by atoms with van der Waals surface area (Å²) in [6.45, 7) is 5.05. The number of aromatic nitrogens is 2. The van der Waals surface area contributed by atoms with Crippen LogP contribution in [0.1, 0.15) is 35.7 Å². The van der Waals surface area contributed by atoms with Gasteiger partial charge in [0.2, 0.25) is 0 Å². The topological polar surface area (TPSA) is 46.8 Å². The molecule has 4 rings (SSSR count). The zero-order chi connectivity index (χ0) is 18.8. The molecule has 3 aromatic rings. The summed E-state index contributed by atoms with van der Waals surface area (Å²) in [5.41, 5.74) is 3.16. The normalized spacial score (nSPS) is 14.7. The van der Waals surface area contributed by atoms with E-state index in [9.17, 15) is 9.18 Å². The van der Waals surface area contributed by atoms with Crippen molar-refractivity contribution >= 4 is 11.5 Å². The van der Waals surface area contributed by atoms with Gasteiger partial charge in [-0.3, -0.25) is 4.90 Å². The number of nitrogens with zero attached hydrogens (tertiary/aromatic N) is 3. The van der Waals surface area contributed by atoms with Gasteiger partial charge >= 0.3 is 5.97 Å². The van der Waals surface area contributed by atoms with Crippen molar-refractivity contribution in [2.24, 2.45) is 0 Å². The molecule has 1 aromatic carbocycles. The van der Waals surface area contributed by atoms with Crippen molar-refractivity contribution in [2.45, 2.75) is 26.3 Å². The average Bonchev–Trinajstić information content (AvgIpc) is 3.33. The summed E-state index contributed by atoms with van der Waals surface area (Å²) in [6.07, 6.45) is 3.91. The molecule has 0 aliphatic carbocycles. The maximum Gasteiger partial charge on any atom is 0.341 e. The molecule has 0 bridgehead atoms. The van der Waals surface area contributed by atoms with Crippen LogP contribution in [0.25, 0.3) is 16.8 Å². The molecule has 1 fully saturated rings. The highest BCUT2D eigenvalue weighted by molar-refractivity contribution is 5.97. The number of halogens is 1. The minimum atomic E-state index is -0.423. The highest BCUT2D eigenvalue weighted by Gasteiger charge is 2.18. The van der Waals surface area contributed by atoms with Crippen LogP contribution in [0, 0.1) is 5.82 Å².